The van der Waals surface area contributed by atoms with Gasteiger partial charge in [-0.2, -0.15) is 0 Å². The lowest BCUT2D eigenvalue weighted by Gasteiger charge is -2.26. The van der Waals surface area contributed by atoms with E-state index in [9.17, 15) is 0 Å². The number of anilines is 1. The molecule has 1 fully saturated rings. The first kappa shape index (κ1) is 13.3. The SMILES string of the molecule is Nc1ccc(-c2nc3ccccc3n2C2CCNCC2)cc1. The van der Waals surface area contributed by atoms with E-state index in [1.165, 1.54) is 5.52 Å². The van der Waals surface area contributed by atoms with Crippen molar-refractivity contribution in [1.82, 2.24) is 14.9 Å². The average Bonchev–Trinajstić information content (AvgIpc) is 2.96. The van der Waals surface area contributed by atoms with Gasteiger partial charge in [0.2, 0.25) is 0 Å². The average molecular weight is 292 g/mol. The van der Waals surface area contributed by atoms with Crippen LogP contribution < -0.4 is 11.1 Å². The molecule has 4 rings (SSSR count). The maximum Gasteiger partial charge on any atom is 0.141 e. The summed E-state index contributed by atoms with van der Waals surface area (Å²) in [6, 6.07) is 16.9. The third kappa shape index (κ3) is 2.25. The standard InChI is InChI=1S/C18H20N4/c19-14-7-5-13(6-8-14)18-21-16-3-1-2-4-17(16)22(18)15-9-11-20-12-10-15/h1-8,15,20H,9-12,19H2. The number of fused-ring (bicyclic) bond motifs is 1. The Morgan fingerprint density at radius 2 is 1.73 bits per heavy atom. The van der Waals surface area contributed by atoms with Crippen LogP contribution in [0.2, 0.25) is 0 Å². The predicted octanol–water partition coefficient (Wildman–Crippen LogP) is 3.21. The van der Waals surface area contributed by atoms with E-state index < -0.39 is 0 Å². The van der Waals surface area contributed by atoms with E-state index in [2.05, 4.69) is 46.3 Å². The minimum atomic E-state index is 0.501. The minimum Gasteiger partial charge on any atom is -0.399 e. The molecule has 4 heteroatoms. The molecule has 112 valence electrons. The van der Waals surface area contributed by atoms with Crippen molar-refractivity contribution in [2.75, 3.05) is 18.8 Å². The Bertz CT molecular complexity index is 782. The van der Waals surface area contributed by atoms with Gasteiger partial charge in [-0.05, 0) is 62.3 Å². The fraction of sp³-hybridized carbons (Fsp3) is 0.278. The highest BCUT2D eigenvalue weighted by molar-refractivity contribution is 5.81. The van der Waals surface area contributed by atoms with Gasteiger partial charge in [0.25, 0.3) is 0 Å². The molecule has 0 atom stereocenters. The van der Waals surface area contributed by atoms with Crippen LogP contribution >= 0.6 is 0 Å². The first-order chi connectivity index (χ1) is 10.8. The van der Waals surface area contributed by atoms with Crippen LogP contribution in [0.5, 0.6) is 0 Å². The van der Waals surface area contributed by atoms with Crippen LogP contribution in [0.3, 0.4) is 0 Å². The van der Waals surface area contributed by atoms with Gasteiger partial charge in [-0.25, -0.2) is 4.98 Å². The molecule has 0 saturated carbocycles. The van der Waals surface area contributed by atoms with Crippen molar-refractivity contribution >= 4 is 16.7 Å². The molecule has 22 heavy (non-hydrogen) atoms. The van der Waals surface area contributed by atoms with Gasteiger partial charge in [0, 0.05) is 17.3 Å². The molecule has 0 amide bonds. The lowest BCUT2D eigenvalue weighted by Crippen LogP contribution is -2.29. The normalized spacial score (nSPS) is 16.2. The zero-order valence-electron chi connectivity index (χ0n) is 12.5. The van der Waals surface area contributed by atoms with Crippen molar-refractivity contribution in [2.45, 2.75) is 18.9 Å². The highest BCUT2D eigenvalue weighted by Gasteiger charge is 2.21. The van der Waals surface area contributed by atoms with Gasteiger partial charge in [0.15, 0.2) is 0 Å². The van der Waals surface area contributed by atoms with E-state index in [1.54, 1.807) is 0 Å². The lowest BCUT2D eigenvalue weighted by atomic mass is 10.1. The summed E-state index contributed by atoms with van der Waals surface area (Å²) in [6.07, 6.45) is 2.28. The van der Waals surface area contributed by atoms with Crippen molar-refractivity contribution < 1.29 is 0 Å². The van der Waals surface area contributed by atoms with Crippen LogP contribution in [0, 0.1) is 0 Å². The molecule has 1 aliphatic heterocycles. The van der Waals surface area contributed by atoms with Gasteiger partial charge in [-0.1, -0.05) is 12.1 Å². The summed E-state index contributed by atoms with van der Waals surface area (Å²) in [5.41, 5.74) is 10.0. The molecule has 1 aliphatic rings. The number of benzene rings is 2. The molecule has 0 spiro atoms. The number of para-hydroxylation sites is 2. The number of hydrogen-bond acceptors (Lipinski definition) is 3. The third-order valence-corrected chi connectivity index (χ3v) is 4.44. The van der Waals surface area contributed by atoms with Crippen molar-refractivity contribution in [2.24, 2.45) is 0 Å². The number of aromatic nitrogens is 2. The van der Waals surface area contributed by atoms with Crippen LogP contribution in [-0.2, 0) is 0 Å². The Morgan fingerprint density at radius 1 is 1.00 bits per heavy atom. The molecule has 1 saturated heterocycles. The fourth-order valence-electron chi connectivity index (χ4n) is 3.31. The Hall–Kier alpha value is -2.33. The first-order valence-electron chi connectivity index (χ1n) is 7.86. The van der Waals surface area contributed by atoms with Crippen LogP contribution in [0.15, 0.2) is 48.5 Å². The highest BCUT2D eigenvalue weighted by Crippen LogP contribution is 2.32. The number of nitrogens with one attached hydrogen (secondary N) is 1. The third-order valence-electron chi connectivity index (χ3n) is 4.44. The summed E-state index contributed by atoms with van der Waals surface area (Å²) in [5, 5.41) is 3.44. The fourth-order valence-corrected chi connectivity index (χ4v) is 3.31. The lowest BCUT2D eigenvalue weighted by molar-refractivity contribution is 0.377. The second-order valence-electron chi connectivity index (χ2n) is 5.90. The van der Waals surface area contributed by atoms with E-state index >= 15 is 0 Å². The largest absolute Gasteiger partial charge is 0.399 e. The first-order valence-corrected chi connectivity index (χ1v) is 7.86. The Kier molecular flexibility index (Phi) is 3.31. The van der Waals surface area contributed by atoms with Gasteiger partial charge in [0.05, 0.1) is 11.0 Å². The quantitative estimate of drug-likeness (QED) is 0.713. The van der Waals surface area contributed by atoms with Crippen molar-refractivity contribution in [3.63, 3.8) is 0 Å². The van der Waals surface area contributed by atoms with Gasteiger partial charge in [0.1, 0.15) is 5.82 Å². The van der Waals surface area contributed by atoms with Crippen LogP contribution in [-0.4, -0.2) is 22.6 Å². The number of nitrogens with zero attached hydrogens (tertiary/aromatic N) is 2. The zero-order valence-corrected chi connectivity index (χ0v) is 12.5. The number of nitrogens with two attached hydrogens (primary N) is 1. The summed E-state index contributed by atoms with van der Waals surface area (Å²) in [7, 11) is 0. The molecule has 3 aromatic rings. The molecular weight excluding hydrogens is 272 g/mol. The smallest absolute Gasteiger partial charge is 0.141 e. The molecule has 0 radical (unpaired) electrons. The molecule has 0 aliphatic carbocycles. The van der Waals surface area contributed by atoms with Crippen molar-refractivity contribution in [1.29, 1.82) is 0 Å². The maximum atomic E-state index is 5.83. The summed E-state index contributed by atoms with van der Waals surface area (Å²) in [4.78, 5) is 4.89. The molecule has 3 N–H and O–H groups in total. The molecule has 2 aromatic carbocycles. The van der Waals surface area contributed by atoms with Crippen molar-refractivity contribution in [3.8, 4) is 11.4 Å². The minimum absolute atomic E-state index is 0.501. The molecular formula is C18H20N4. The summed E-state index contributed by atoms with van der Waals surface area (Å²) in [6.45, 7) is 2.14. The van der Waals surface area contributed by atoms with Gasteiger partial charge in [-0.3, -0.25) is 0 Å². The zero-order chi connectivity index (χ0) is 14.9. The second-order valence-corrected chi connectivity index (χ2v) is 5.90. The Labute approximate surface area is 130 Å². The molecule has 0 bridgehead atoms. The van der Waals surface area contributed by atoms with E-state index in [0.29, 0.717) is 6.04 Å². The van der Waals surface area contributed by atoms with Crippen LogP contribution in [0.25, 0.3) is 22.4 Å². The number of imidazole rings is 1. The highest BCUT2D eigenvalue weighted by atomic mass is 15.1. The van der Waals surface area contributed by atoms with Gasteiger partial charge >= 0.3 is 0 Å². The monoisotopic (exact) mass is 292 g/mol. The second kappa shape index (κ2) is 5.46. The summed E-state index contributed by atoms with van der Waals surface area (Å²) >= 11 is 0. The van der Waals surface area contributed by atoms with Crippen LogP contribution in [0.4, 0.5) is 5.69 Å². The van der Waals surface area contributed by atoms with E-state index in [4.69, 9.17) is 10.7 Å². The summed E-state index contributed by atoms with van der Waals surface area (Å²) < 4.78 is 2.42. The predicted molar refractivity (Wildman–Crippen MR) is 90.7 cm³/mol. The molecule has 1 aromatic heterocycles. The van der Waals surface area contributed by atoms with E-state index in [1.807, 2.05) is 12.1 Å². The number of nitrogen functional groups attached to an aromatic ring is 1. The van der Waals surface area contributed by atoms with Crippen molar-refractivity contribution in [3.05, 3.63) is 48.5 Å². The number of piperidine rings is 1. The Morgan fingerprint density at radius 3 is 2.50 bits per heavy atom. The van der Waals surface area contributed by atoms with Gasteiger partial charge < -0.3 is 15.6 Å². The molecule has 0 unspecified atom stereocenters. The topological polar surface area (TPSA) is 55.9 Å². The van der Waals surface area contributed by atoms with Gasteiger partial charge in [-0.15, -0.1) is 0 Å². The Balaban J connectivity index is 1.90. The molecule has 2 heterocycles. The van der Waals surface area contributed by atoms with Crippen LogP contribution in [0.1, 0.15) is 18.9 Å². The maximum absolute atomic E-state index is 5.83. The number of rotatable bonds is 2. The van der Waals surface area contributed by atoms with E-state index in [-0.39, 0.29) is 0 Å². The van der Waals surface area contributed by atoms with E-state index in [0.717, 1.165) is 48.5 Å². The summed E-state index contributed by atoms with van der Waals surface area (Å²) in [5.74, 6) is 1.05. The number of hydrogen-bond donors (Lipinski definition) is 2. The molecule has 4 nitrogen and oxygen atoms in total.